The molecule has 17 atom stereocenters. The van der Waals surface area contributed by atoms with Crippen molar-refractivity contribution in [2.45, 2.75) is 336 Å². The van der Waals surface area contributed by atoms with E-state index in [-0.39, 0.29) is 18.9 Å². The number of allylic oxidation sites excluding steroid dienone is 10. The Morgan fingerprint density at radius 3 is 1.23 bits per heavy atom. The third kappa shape index (κ3) is 32.6. The first-order valence-corrected chi connectivity index (χ1v) is 34.0. The molecule has 3 rings (SSSR count). The number of carbonyl (C=O) groups is 1. The zero-order valence-corrected chi connectivity index (χ0v) is 53.2. The van der Waals surface area contributed by atoms with Crippen molar-refractivity contribution in [1.82, 2.24) is 5.32 Å². The van der Waals surface area contributed by atoms with Gasteiger partial charge >= 0.3 is 0 Å². The van der Waals surface area contributed by atoms with Crippen LogP contribution in [0.1, 0.15) is 232 Å². The molecule has 3 aliphatic heterocycles. The molecule has 0 aromatic heterocycles. The lowest BCUT2D eigenvalue weighted by Gasteiger charge is -2.48. The van der Waals surface area contributed by atoms with Crippen LogP contribution < -0.4 is 5.32 Å². The van der Waals surface area contributed by atoms with E-state index in [9.17, 15) is 61.0 Å². The Hall–Kier alpha value is -2.51. The molecule has 3 fully saturated rings. The van der Waals surface area contributed by atoms with E-state index in [1.807, 2.05) is 0 Å². The van der Waals surface area contributed by atoms with E-state index >= 15 is 0 Å². The number of aliphatic hydroxyl groups excluding tert-OH is 11. The number of hydrogen-bond donors (Lipinski definition) is 12. The smallest absolute Gasteiger partial charge is 0.220 e. The summed E-state index contributed by atoms with van der Waals surface area (Å²) in [5.41, 5.74) is 0. The van der Waals surface area contributed by atoms with E-state index in [4.69, 9.17) is 28.4 Å². The van der Waals surface area contributed by atoms with E-state index in [1.54, 1.807) is 0 Å². The molecular formula is C68H121NO18. The Bertz CT molecular complexity index is 1820. The fraction of sp³-hybridized carbons (Fsp3) is 0.838. The lowest BCUT2D eigenvalue weighted by atomic mass is 9.96. The molecule has 17 unspecified atom stereocenters. The predicted molar refractivity (Wildman–Crippen MR) is 337 cm³/mol. The molecule has 0 saturated carbocycles. The third-order valence-electron chi connectivity index (χ3n) is 16.9. The Labute approximate surface area is 522 Å². The maximum atomic E-state index is 13.4. The topological polar surface area (TPSA) is 307 Å². The van der Waals surface area contributed by atoms with Crippen LogP contribution in [0.15, 0.2) is 60.8 Å². The van der Waals surface area contributed by atoms with Crippen LogP contribution in [-0.2, 0) is 33.2 Å². The van der Waals surface area contributed by atoms with Crippen molar-refractivity contribution in [2.24, 2.45) is 0 Å². The number of rotatable bonds is 51. The fourth-order valence-corrected chi connectivity index (χ4v) is 11.3. The number of carbonyl (C=O) groups excluding carboxylic acids is 1. The SMILES string of the molecule is CC/C=C\C/C=C\C/C=C\C/C=C\C/C=C\CCCCCC(=O)NC(COC1OC(CO)C(OC2OC(CO)C(OC3OC(CO)C(O)C(O)C3O)C(O)C2O)C(O)C1O)C(O)CCCCCCCCCCCCCCCCCCCCCCCCC. The molecule has 0 radical (unpaired) electrons. The fourth-order valence-electron chi connectivity index (χ4n) is 11.3. The van der Waals surface area contributed by atoms with Crippen LogP contribution in [0.25, 0.3) is 0 Å². The minimum atomic E-state index is -1.98. The minimum Gasteiger partial charge on any atom is -0.394 e. The van der Waals surface area contributed by atoms with Crippen LogP contribution >= 0.6 is 0 Å². The molecule has 3 heterocycles. The normalized spacial score (nSPS) is 29.0. The van der Waals surface area contributed by atoms with Crippen molar-refractivity contribution in [1.29, 1.82) is 0 Å². The molecule has 0 spiro atoms. The molecule has 87 heavy (non-hydrogen) atoms. The summed E-state index contributed by atoms with van der Waals surface area (Å²) in [7, 11) is 0. The third-order valence-corrected chi connectivity index (χ3v) is 16.9. The van der Waals surface area contributed by atoms with Crippen molar-refractivity contribution in [3.8, 4) is 0 Å². The molecule has 19 nitrogen and oxygen atoms in total. The van der Waals surface area contributed by atoms with E-state index in [0.717, 1.165) is 77.0 Å². The number of aliphatic hydroxyl groups is 11. The van der Waals surface area contributed by atoms with Gasteiger partial charge in [0.1, 0.15) is 73.2 Å². The number of amides is 1. The Kier molecular flexibility index (Phi) is 45.3. The largest absolute Gasteiger partial charge is 0.394 e. The van der Waals surface area contributed by atoms with Crippen LogP contribution in [-0.4, -0.2) is 193 Å². The highest BCUT2D eigenvalue weighted by Crippen LogP contribution is 2.33. The maximum Gasteiger partial charge on any atom is 0.220 e. The Balaban J connectivity index is 1.46. The molecule has 12 N–H and O–H groups in total. The number of unbranched alkanes of at least 4 members (excludes halogenated alkanes) is 25. The standard InChI is InChI=1S/C68H121NO18/c1-3-5-7-9-11-13-15-17-19-21-23-24-25-26-28-29-31-33-35-37-39-41-43-45-52(73)51(69-56(74)46-44-42-40-38-36-34-32-30-27-22-20-18-16-14-12-10-8-6-4-2)50-82-66-62(80)59(77)64(54(48-71)84-66)87-68-63(81)60(78)65(55(49-72)85-68)86-67-61(79)58(76)57(75)53(47-70)83-67/h6,8,12,14,18,20,27,30,34,36,51-55,57-68,70-73,75-81H,3-5,7,9-11,13,15-17,19,21-26,28-29,31-33,35,37-50H2,1-2H3,(H,69,74)/b8-6-,14-12-,20-18-,30-27-,36-34-. The molecule has 0 aromatic rings. The molecule has 0 aromatic carbocycles. The van der Waals surface area contributed by atoms with Gasteiger partial charge in [-0.05, 0) is 57.8 Å². The summed E-state index contributed by atoms with van der Waals surface area (Å²) in [5, 5.41) is 121. The molecule has 19 heteroatoms. The minimum absolute atomic E-state index is 0.225. The molecule has 506 valence electrons. The summed E-state index contributed by atoms with van der Waals surface area (Å²) >= 11 is 0. The second kappa shape index (κ2) is 50.1. The average Bonchev–Trinajstić information content (AvgIpc) is 2.87. The van der Waals surface area contributed by atoms with Crippen LogP contribution in [0.3, 0.4) is 0 Å². The summed E-state index contributed by atoms with van der Waals surface area (Å²) in [6.07, 6.45) is 33.0. The number of ether oxygens (including phenoxy) is 6. The summed E-state index contributed by atoms with van der Waals surface area (Å²) in [6.45, 7) is 1.67. The van der Waals surface area contributed by atoms with Gasteiger partial charge in [-0.2, -0.15) is 0 Å². The number of hydrogen-bond acceptors (Lipinski definition) is 18. The summed E-state index contributed by atoms with van der Waals surface area (Å²) in [6, 6.07) is -0.908. The monoisotopic (exact) mass is 1240 g/mol. The van der Waals surface area contributed by atoms with Gasteiger partial charge in [0.05, 0.1) is 38.6 Å². The second-order valence-corrected chi connectivity index (χ2v) is 24.3. The molecule has 3 saturated heterocycles. The zero-order valence-electron chi connectivity index (χ0n) is 53.2. The van der Waals surface area contributed by atoms with Crippen LogP contribution in [0.2, 0.25) is 0 Å². The van der Waals surface area contributed by atoms with E-state index in [2.05, 4.69) is 79.9 Å². The van der Waals surface area contributed by atoms with Crippen LogP contribution in [0.5, 0.6) is 0 Å². The summed E-state index contributed by atoms with van der Waals surface area (Å²) in [4.78, 5) is 13.4. The average molecular weight is 1240 g/mol. The van der Waals surface area contributed by atoms with Gasteiger partial charge in [0.15, 0.2) is 18.9 Å². The molecule has 3 aliphatic rings. The highest BCUT2D eigenvalue weighted by atomic mass is 16.8. The summed E-state index contributed by atoms with van der Waals surface area (Å²) in [5.74, 6) is -0.274. The molecule has 0 aliphatic carbocycles. The van der Waals surface area contributed by atoms with Crippen molar-refractivity contribution in [2.75, 3.05) is 26.4 Å². The Morgan fingerprint density at radius 1 is 0.425 bits per heavy atom. The zero-order chi connectivity index (χ0) is 63.3. The van der Waals surface area contributed by atoms with Crippen LogP contribution in [0, 0.1) is 0 Å². The first-order chi connectivity index (χ1) is 42.3. The Morgan fingerprint density at radius 2 is 0.793 bits per heavy atom. The summed E-state index contributed by atoms with van der Waals surface area (Å²) < 4.78 is 34.4. The van der Waals surface area contributed by atoms with Gasteiger partial charge in [0, 0.05) is 6.42 Å². The van der Waals surface area contributed by atoms with E-state index in [1.165, 1.54) is 122 Å². The van der Waals surface area contributed by atoms with Crippen LogP contribution in [0.4, 0.5) is 0 Å². The van der Waals surface area contributed by atoms with Crippen molar-refractivity contribution in [3.63, 3.8) is 0 Å². The lowest BCUT2D eigenvalue weighted by Crippen LogP contribution is -2.66. The van der Waals surface area contributed by atoms with E-state index < -0.39 is 124 Å². The first-order valence-electron chi connectivity index (χ1n) is 34.0. The predicted octanol–water partition coefficient (Wildman–Crippen LogP) is 8.38. The van der Waals surface area contributed by atoms with Gasteiger partial charge in [-0.25, -0.2) is 0 Å². The van der Waals surface area contributed by atoms with Gasteiger partial charge < -0.3 is 89.9 Å². The number of nitrogens with one attached hydrogen (secondary N) is 1. The van der Waals surface area contributed by atoms with Gasteiger partial charge in [-0.15, -0.1) is 0 Å². The molecule has 1 amide bonds. The van der Waals surface area contributed by atoms with Gasteiger partial charge in [-0.1, -0.05) is 229 Å². The van der Waals surface area contributed by atoms with Gasteiger partial charge in [0.2, 0.25) is 5.91 Å². The molecular weight excluding hydrogens is 1120 g/mol. The van der Waals surface area contributed by atoms with E-state index in [0.29, 0.717) is 12.8 Å². The lowest BCUT2D eigenvalue weighted by molar-refractivity contribution is -0.379. The van der Waals surface area contributed by atoms with Crippen molar-refractivity contribution < 1.29 is 89.4 Å². The molecule has 0 bridgehead atoms. The quantitative estimate of drug-likeness (QED) is 0.0201. The highest BCUT2D eigenvalue weighted by Gasteiger charge is 2.53. The maximum absolute atomic E-state index is 13.4. The highest BCUT2D eigenvalue weighted by molar-refractivity contribution is 5.76. The second-order valence-electron chi connectivity index (χ2n) is 24.3. The van der Waals surface area contributed by atoms with Gasteiger partial charge in [-0.3, -0.25) is 4.79 Å². The van der Waals surface area contributed by atoms with Crippen molar-refractivity contribution in [3.05, 3.63) is 60.8 Å². The van der Waals surface area contributed by atoms with Gasteiger partial charge in [0.25, 0.3) is 0 Å². The first kappa shape index (κ1) is 78.7. The van der Waals surface area contributed by atoms with Crippen molar-refractivity contribution >= 4 is 5.91 Å².